The van der Waals surface area contributed by atoms with E-state index in [9.17, 15) is 13.2 Å². The Morgan fingerprint density at radius 2 is 1.62 bits per heavy atom. The van der Waals surface area contributed by atoms with Crippen LogP contribution in [0.25, 0.3) is 0 Å². The van der Waals surface area contributed by atoms with Crippen molar-refractivity contribution in [2.45, 2.75) is 24.3 Å². The third-order valence-corrected chi connectivity index (χ3v) is 6.84. The molecule has 0 radical (unpaired) electrons. The Balaban J connectivity index is 1.68. The van der Waals surface area contributed by atoms with E-state index in [0.29, 0.717) is 22.9 Å². The molecule has 1 atom stereocenters. The summed E-state index contributed by atoms with van der Waals surface area (Å²) in [6.45, 7) is 1.82. The van der Waals surface area contributed by atoms with Crippen molar-refractivity contribution in [2.75, 3.05) is 10.0 Å². The molecule has 1 amide bonds. The second-order valence-electron chi connectivity index (χ2n) is 6.69. The van der Waals surface area contributed by atoms with Gasteiger partial charge >= 0.3 is 0 Å². The first-order valence-corrected chi connectivity index (χ1v) is 12.1. The molecule has 0 bridgehead atoms. The average molecular weight is 514 g/mol. The SMILES string of the molecule is CC[C@H](Oc1ccc(Cl)cc1)C(=O)Nc1ccc(S(=O)(=O)Nc2cccc(Cl)c2Cl)cc1. The van der Waals surface area contributed by atoms with Gasteiger partial charge in [0.25, 0.3) is 15.9 Å². The molecule has 0 saturated carbocycles. The van der Waals surface area contributed by atoms with Gasteiger partial charge in [0.1, 0.15) is 5.75 Å². The summed E-state index contributed by atoms with van der Waals surface area (Å²) in [6, 6.07) is 17.1. The fourth-order valence-corrected chi connectivity index (χ4v) is 4.33. The van der Waals surface area contributed by atoms with Gasteiger partial charge in [0.05, 0.1) is 20.6 Å². The highest BCUT2D eigenvalue weighted by atomic mass is 35.5. The van der Waals surface area contributed by atoms with Crippen molar-refractivity contribution in [1.29, 1.82) is 0 Å². The molecule has 3 aromatic carbocycles. The summed E-state index contributed by atoms with van der Waals surface area (Å²) >= 11 is 17.8. The van der Waals surface area contributed by atoms with Crippen LogP contribution in [-0.4, -0.2) is 20.4 Å². The molecule has 32 heavy (non-hydrogen) atoms. The Bertz CT molecular complexity index is 1200. The van der Waals surface area contributed by atoms with E-state index in [1.54, 1.807) is 36.4 Å². The van der Waals surface area contributed by atoms with Crippen LogP contribution in [0.5, 0.6) is 5.75 Å². The van der Waals surface area contributed by atoms with Gasteiger partial charge in [0.15, 0.2) is 6.10 Å². The molecule has 0 aliphatic heterocycles. The van der Waals surface area contributed by atoms with Crippen molar-refractivity contribution in [2.24, 2.45) is 0 Å². The van der Waals surface area contributed by atoms with Crippen molar-refractivity contribution >= 4 is 62.1 Å². The monoisotopic (exact) mass is 512 g/mol. The highest BCUT2D eigenvalue weighted by Gasteiger charge is 2.20. The molecule has 6 nitrogen and oxygen atoms in total. The minimum atomic E-state index is -3.90. The molecular formula is C22H19Cl3N2O4S. The zero-order valence-corrected chi connectivity index (χ0v) is 19.9. The lowest BCUT2D eigenvalue weighted by Gasteiger charge is -2.17. The standard InChI is InChI=1S/C22H19Cl3N2O4S/c1-2-20(31-16-10-6-14(23)7-11-16)22(28)26-15-8-12-17(13-9-15)32(29,30)27-19-5-3-4-18(24)21(19)25/h3-13,20,27H,2H2,1H3,(H,26,28)/t20-/m0/s1. The number of rotatable bonds is 8. The van der Waals surface area contributed by atoms with Gasteiger partial charge in [-0.2, -0.15) is 0 Å². The van der Waals surface area contributed by atoms with Crippen LogP contribution in [0.2, 0.25) is 15.1 Å². The Hall–Kier alpha value is -2.45. The van der Waals surface area contributed by atoms with E-state index in [4.69, 9.17) is 39.5 Å². The molecular weight excluding hydrogens is 495 g/mol. The van der Waals surface area contributed by atoms with E-state index in [2.05, 4.69) is 10.0 Å². The van der Waals surface area contributed by atoms with Crippen LogP contribution in [0.15, 0.2) is 71.6 Å². The quantitative estimate of drug-likeness (QED) is 0.373. The number of ether oxygens (including phenoxy) is 1. The van der Waals surface area contributed by atoms with Gasteiger partial charge in [0.2, 0.25) is 0 Å². The third kappa shape index (κ3) is 6.07. The Kier molecular flexibility index (Phi) is 7.90. The summed E-state index contributed by atoms with van der Waals surface area (Å²) in [5, 5.41) is 3.63. The number of amides is 1. The van der Waals surface area contributed by atoms with Crippen molar-refractivity contribution in [3.8, 4) is 5.75 Å². The molecule has 0 aliphatic rings. The second kappa shape index (κ2) is 10.4. The van der Waals surface area contributed by atoms with Gasteiger partial charge in [-0.1, -0.05) is 47.8 Å². The predicted molar refractivity (Wildman–Crippen MR) is 129 cm³/mol. The lowest BCUT2D eigenvalue weighted by atomic mass is 10.2. The number of benzene rings is 3. The molecule has 0 heterocycles. The van der Waals surface area contributed by atoms with E-state index in [-0.39, 0.29) is 26.5 Å². The van der Waals surface area contributed by atoms with E-state index in [0.717, 1.165) is 0 Å². The Morgan fingerprint density at radius 3 is 2.25 bits per heavy atom. The predicted octanol–water partition coefficient (Wildman–Crippen LogP) is 6.24. The average Bonchev–Trinajstić information content (AvgIpc) is 2.76. The van der Waals surface area contributed by atoms with Crippen LogP contribution in [0.1, 0.15) is 13.3 Å². The smallest absolute Gasteiger partial charge is 0.265 e. The van der Waals surface area contributed by atoms with E-state index >= 15 is 0 Å². The van der Waals surface area contributed by atoms with Crippen LogP contribution in [0.4, 0.5) is 11.4 Å². The largest absolute Gasteiger partial charge is 0.481 e. The van der Waals surface area contributed by atoms with Gasteiger partial charge in [0, 0.05) is 10.7 Å². The van der Waals surface area contributed by atoms with Crippen LogP contribution in [-0.2, 0) is 14.8 Å². The summed E-state index contributed by atoms with van der Waals surface area (Å²) in [5.41, 5.74) is 0.592. The van der Waals surface area contributed by atoms with E-state index in [1.807, 2.05) is 6.92 Å². The number of anilines is 2. The number of halogens is 3. The zero-order valence-electron chi connectivity index (χ0n) is 16.8. The maximum Gasteiger partial charge on any atom is 0.265 e. The number of hydrogen-bond acceptors (Lipinski definition) is 4. The first-order valence-electron chi connectivity index (χ1n) is 9.49. The van der Waals surface area contributed by atoms with Crippen LogP contribution >= 0.6 is 34.8 Å². The summed E-state index contributed by atoms with van der Waals surface area (Å²) < 4.78 is 33.4. The molecule has 10 heteroatoms. The summed E-state index contributed by atoms with van der Waals surface area (Å²) in [7, 11) is -3.90. The maximum atomic E-state index is 12.7. The van der Waals surface area contributed by atoms with Crippen molar-refractivity contribution in [3.63, 3.8) is 0 Å². The van der Waals surface area contributed by atoms with Crippen LogP contribution < -0.4 is 14.8 Å². The summed E-state index contributed by atoms with van der Waals surface area (Å²) in [5.74, 6) is 0.158. The number of carbonyl (C=O) groups is 1. The fourth-order valence-electron chi connectivity index (χ4n) is 2.73. The summed E-state index contributed by atoms with van der Waals surface area (Å²) in [4.78, 5) is 12.6. The van der Waals surface area contributed by atoms with E-state index in [1.165, 1.54) is 30.3 Å². The van der Waals surface area contributed by atoms with Crippen molar-refractivity contribution in [1.82, 2.24) is 0 Å². The molecule has 0 aliphatic carbocycles. The van der Waals surface area contributed by atoms with Crippen LogP contribution in [0, 0.1) is 0 Å². The maximum absolute atomic E-state index is 12.7. The lowest BCUT2D eigenvalue weighted by Crippen LogP contribution is -2.32. The fraction of sp³-hybridized carbons (Fsp3) is 0.136. The van der Waals surface area contributed by atoms with Gasteiger partial charge in [-0.3, -0.25) is 9.52 Å². The Labute approximate surface area is 201 Å². The number of sulfonamides is 1. The normalized spacial score (nSPS) is 12.1. The molecule has 0 aromatic heterocycles. The molecule has 3 rings (SSSR count). The molecule has 0 unspecified atom stereocenters. The molecule has 168 valence electrons. The highest BCUT2D eigenvalue weighted by molar-refractivity contribution is 7.92. The summed E-state index contributed by atoms with van der Waals surface area (Å²) in [6.07, 6.45) is -0.295. The second-order valence-corrected chi connectivity index (χ2v) is 9.59. The lowest BCUT2D eigenvalue weighted by molar-refractivity contribution is -0.122. The first-order chi connectivity index (χ1) is 15.2. The van der Waals surface area contributed by atoms with Crippen molar-refractivity contribution < 1.29 is 17.9 Å². The number of carbonyl (C=O) groups excluding carboxylic acids is 1. The number of hydrogen-bond donors (Lipinski definition) is 2. The third-order valence-electron chi connectivity index (χ3n) is 4.38. The van der Waals surface area contributed by atoms with Gasteiger partial charge in [-0.25, -0.2) is 8.42 Å². The zero-order chi connectivity index (χ0) is 23.3. The highest BCUT2D eigenvalue weighted by Crippen LogP contribution is 2.31. The van der Waals surface area contributed by atoms with Gasteiger partial charge in [-0.05, 0) is 67.1 Å². The molecule has 2 N–H and O–H groups in total. The van der Waals surface area contributed by atoms with Crippen LogP contribution in [0.3, 0.4) is 0 Å². The first kappa shape index (κ1) is 24.2. The minimum absolute atomic E-state index is 0.00371. The van der Waals surface area contributed by atoms with Gasteiger partial charge < -0.3 is 10.1 Å². The van der Waals surface area contributed by atoms with Gasteiger partial charge in [-0.15, -0.1) is 0 Å². The molecule has 3 aromatic rings. The van der Waals surface area contributed by atoms with E-state index < -0.39 is 16.1 Å². The molecule has 0 spiro atoms. The topological polar surface area (TPSA) is 84.5 Å². The minimum Gasteiger partial charge on any atom is -0.481 e. The van der Waals surface area contributed by atoms with Crippen molar-refractivity contribution in [3.05, 3.63) is 81.8 Å². The number of nitrogens with one attached hydrogen (secondary N) is 2. The Morgan fingerprint density at radius 1 is 0.969 bits per heavy atom. The molecule has 0 saturated heterocycles. The molecule has 0 fully saturated rings.